The molecule has 0 radical (unpaired) electrons. The molecule has 0 aliphatic rings. The minimum Gasteiger partial charge on any atom is -0.373 e. The van der Waals surface area contributed by atoms with Gasteiger partial charge in [-0.15, -0.1) is 0 Å². The summed E-state index contributed by atoms with van der Waals surface area (Å²) in [4.78, 5) is 0. The standard InChI is InChI=1S/C11H15IO/c1-2-8-13-11(9-12)10-6-4-3-5-7-10/h3-7,11H,2,8-9H2,1H3. The molecule has 0 heterocycles. The molecule has 0 aliphatic carbocycles. The first kappa shape index (κ1) is 11.0. The van der Waals surface area contributed by atoms with Crippen LogP contribution in [-0.2, 0) is 4.74 Å². The van der Waals surface area contributed by atoms with Crippen LogP contribution in [0.1, 0.15) is 25.0 Å². The van der Waals surface area contributed by atoms with E-state index in [4.69, 9.17) is 4.74 Å². The van der Waals surface area contributed by atoms with Crippen LogP contribution < -0.4 is 0 Å². The Hall–Kier alpha value is -0.0900. The molecule has 0 fully saturated rings. The van der Waals surface area contributed by atoms with Gasteiger partial charge in [0.25, 0.3) is 0 Å². The SMILES string of the molecule is CCCOC(CI)c1ccccc1. The number of benzene rings is 1. The second-order valence-electron chi connectivity index (χ2n) is 2.92. The number of halogens is 1. The molecule has 0 aromatic heterocycles. The van der Waals surface area contributed by atoms with E-state index in [1.807, 2.05) is 6.07 Å². The van der Waals surface area contributed by atoms with Crippen LogP contribution in [-0.4, -0.2) is 11.0 Å². The molecule has 1 rings (SSSR count). The van der Waals surface area contributed by atoms with Gasteiger partial charge in [0.05, 0.1) is 6.10 Å². The van der Waals surface area contributed by atoms with E-state index < -0.39 is 0 Å². The highest BCUT2D eigenvalue weighted by molar-refractivity contribution is 14.1. The fourth-order valence-corrected chi connectivity index (χ4v) is 1.92. The first-order valence-electron chi connectivity index (χ1n) is 4.61. The molecule has 1 unspecified atom stereocenters. The minimum atomic E-state index is 0.266. The summed E-state index contributed by atoms with van der Waals surface area (Å²) >= 11 is 2.37. The maximum atomic E-state index is 5.72. The highest BCUT2D eigenvalue weighted by atomic mass is 127. The van der Waals surface area contributed by atoms with E-state index in [-0.39, 0.29) is 6.10 Å². The first-order chi connectivity index (χ1) is 6.38. The van der Waals surface area contributed by atoms with Gasteiger partial charge in [0.15, 0.2) is 0 Å². The van der Waals surface area contributed by atoms with Gasteiger partial charge in [0.1, 0.15) is 0 Å². The summed E-state index contributed by atoms with van der Waals surface area (Å²) in [7, 11) is 0. The maximum Gasteiger partial charge on any atom is 0.0914 e. The highest BCUT2D eigenvalue weighted by Crippen LogP contribution is 2.19. The minimum absolute atomic E-state index is 0.266. The van der Waals surface area contributed by atoms with Gasteiger partial charge in [-0.05, 0) is 12.0 Å². The van der Waals surface area contributed by atoms with Gasteiger partial charge < -0.3 is 4.74 Å². The second-order valence-corrected chi connectivity index (χ2v) is 3.81. The summed E-state index contributed by atoms with van der Waals surface area (Å²) in [5, 5.41) is 0. The Bertz CT molecular complexity index is 223. The van der Waals surface area contributed by atoms with Crippen molar-refractivity contribution in [3.8, 4) is 0 Å². The van der Waals surface area contributed by atoms with E-state index >= 15 is 0 Å². The Morgan fingerprint density at radius 1 is 1.31 bits per heavy atom. The third-order valence-electron chi connectivity index (χ3n) is 1.83. The summed E-state index contributed by atoms with van der Waals surface area (Å²) < 4.78 is 6.73. The average molecular weight is 290 g/mol. The molecule has 1 aromatic rings. The predicted molar refractivity (Wildman–Crippen MR) is 64.3 cm³/mol. The van der Waals surface area contributed by atoms with Crippen LogP contribution >= 0.6 is 22.6 Å². The maximum absolute atomic E-state index is 5.72. The van der Waals surface area contributed by atoms with Gasteiger partial charge in [0, 0.05) is 11.0 Å². The van der Waals surface area contributed by atoms with Gasteiger partial charge in [-0.25, -0.2) is 0 Å². The van der Waals surface area contributed by atoms with Crippen LogP contribution in [0.3, 0.4) is 0 Å². The lowest BCUT2D eigenvalue weighted by Gasteiger charge is -2.14. The van der Waals surface area contributed by atoms with Crippen molar-refractivity contribution in [3.05, 3.63) is 35.9 Å². The fraction of sp³-hybridized carbons (Fsp3) is 0.455. The summed E-state index contributed by atoms with van der Waals surface area (Å²) in [5.74, 6) is 0. The van der Waals surface area contributed by atoms with Gasteiger partial charge in [-0.1, -0.05) is 59.8 Å². The molecule has 0 N–H and O–H groups in total. The smallest absolute Gasteiger partial charge is 0.0914 e. The van der Waals surface area contributed by atoms with E-state index in [1.54, 1.807) is 0 Å². The molecule has 0 bridgehead atoms. The zero-order valence-corrected chi connectivity index (χ0v) is 10.0. The van der Waals surface area contributed by atoms with Gasteiger partial charge in [-0.2, -0.15) is 0 Å². The van der Waals surface area contributed by atoms with Gasteiger partial charge in [-0.3, -0.25) is 0 Å². The van der Waals surface area contributed by atoms with Crippen molar-refractivity contribution >= 4 is 22.6 Å². The molecule has 0 saturated carbocycles. The normalized spacial score (nSPS) is 12.8. The Morgan fingerprint density at radius 3 is 2.54 bits per heavy atom. The summed E-state index contributed by atoms with van der Waals surface area (Å²) in [6.45, 7) is 2.98. The molecular weight excluding hydrogens is 275 g/mol. The topological polar surface area (TPSA) is 9.23 Å². The van der Waals surface area contributed by atoms with Gasteiger partial charge in [0.2, 0.25) is 0 Å². The van der Waals surface area contributed by atoms with Crippen LogP contribution in [0.2, 0.25) is 0 Å². The van der Waals surface area contributed by atoms with Crippen molar-refractivity contribution in [2.45, 2.75) is 19.4 Å². The molecule has 0 saturated heterocycles. The summed E-state index contributed by atoms with van der Waals surface area (Å²) in [6, 6.07) is 10.4. The van der Waals surface area contributed by atoms with E-state index in [9.17, 15) is 0 Å². The molecule has 1 aromatic carbocycles. The van der Waals surface area contributed by atoms with Crippen molar-refractivity contribution in [2.24, 2.45) is 0 Å². The lowest BCUT2D eigenvalue weighted by Crippen LogP contribution is -2.06. The monoisotopic (exact) mass is 290 g/mol. The van der Waals surface area contributed by atoms with Crippen molar-refractivity contribution in [1.29, 1.82) is 0 Å². The Kier molecular flexibility index (Phi) is 5.39. The van der Waals surface area contributed by atoms with E-state index in [0.29, 0.717) is 0 Å². The lowest BCUT2D eigenvalue weighted by molar-refractivity contribution is 0.0715. The van der Waals surface area contributed by atoms with Crippen LogP contribution in [0.4, 0.5) is 0 Å². The van der Waals surface area contributed by atoms with Crippen molar-refractivity contribution < 1.29 is 4.74 Å². The van der Waals surface area contributed by atoms with Crippen molar-refractivity contribution in [1.82, 2.24) is 0 Å². The summed E-state index contributed by atoms with van der Waals surface area (Å²) in [6.07, 6.45) is 1.35. The van der Waals surface area contributed by atoms with Crippen LogP contribution in [0, 0.1) is 0 Å². The number of rotatable bonds is 5. The quantitative estimate of drug-likeness (QED) is 0.595. The van der Waals surface area contributed by atoms with E-state index in [0.717, 1.165) is 17.5 Å². The number of alkyl halides is 1. The largest absolute Gasteiger partial charge is 0.373 e. The number of ether oxygens (including phenoxy) is 1. The number of hydrogen-bond donors (Lipinski definition) is 0. The average Bonchev–Trinajstić information content (AvgIpc) is 2.21. The van der Waals surface area contributed by atoms with Crippen LogP contribution in [0.5, 0.6) is 0 Å². The molecule has 72 valence electrons. The molecular formula is C11H15IO. The molecule has 13 heavy (non-hydrogen) atoms. The predicted octanol–water partition coefficient (Wildman–Crippen LogP) is 3.59. The molecule has 0 aliphatic heterocycles. The highest BCUT2D eigenvalue weighted by Gasteiger charge is 2.08. The molecule has 0 amide bonds. The molecule has 1 atom stereocenters. The van der Waals surface area contributed by atoms with Crippen LogP contribution in [0.25, 0.3) is 0 Å². The Balaban J connectivity index is 2.56. The fourth-order valence-electron chi connectivity index (χ4n) is 1.16. The van der Waals surface area contributed by atoms with E-state index in [1.165, 1.54) is 5.56 Å². The molecule has 0 spiro atoms. The zero-order valence-electron chi connectivity index (χ0n) is 7.87. The van der Waals surface area contributed by atoms with Crippen molar-refractivity contribution in [3.63, 3.8) is 0 Å². The van der Waals surface area contributed by atoms with Crippen LogP contribution in [0.15, 0.2) is 30.3 Å². The number of hydrogen-bond acceptors (Lipinski definition) is 1. The lowest BCUT2D eigenvalue weighted by atomic mass is 10.1. The first-order valence-corrected chi connectivity index (χ1v) is 6.13. The Labute approximate surface area is 93.6 Å². The third kappa shape index (κ3) is 3.65. The van der Waals surface area contributed by atoms with E-state index in [2.05, 4.69) is 53.8 Å². The second kappa shape index (κ2) is 6.38. The van der Waals surface area contributed by atoms with Crippen molar-refractivity contribution in [2.75, 3.05) is 11.0 Å². The third-order valence-corrected chi connectivity index (χ3v) is 2.63. The van der Waals surface area contributed by atoms with Gasteiger partial charge >= 0.3 is 0 Å². The Morgan fingerprint density at radius 2 is 2.00 bits per heavy atom. The molecule has 2 heteroatoms. The summed E-state index contributed by atoms with van der Waals surface area (Å²) in [5.41, 5.74) is 1.28. The molecule has 1 nitrogen and oxygen atoms in total. The zero-order chi connectivity index (χ0) is 9.52.